The van der Waals surface area contributed by atoms with Crippen LogP contribution in [-0.4, -0.2) is 39.4 Å². The van der Waals surface area contributed by atoms with Crippen molar-refractivity contribution in [1.29, 1.82) is 0 Å². The molecule has 7 heteroatoms. The maximum atomic E-state index is 12.4. The standard InChI is InChI=1S/C13H16ClN5O/c1-15-10-5-4-9(14)12(17-10)13(20)19(3)8-11-16-6-7-18(11)2/h4-7H,8H2,1-3H3,(H,15,17). The van der Waals surface area contributed by atoms with Crippen LogP contribution in [0.4, 0.5) is 5.82 Å². The highest BCUT2D eigenvalue weighted by Crippen LogP contribution is 2.18. The molecule has 0 saturated heterocycles. The molecular formula is C13H16ClN5O. The number of carbonyl (C=O) groups excluding carboxylic acids is 1. The molecule has 2 aromatic heterocycles. The number of nitrogens with one attached hydrogen (secondary N) is 1. The number of nitrogens with zero attached hydrogens (tertiary/aromatic N) is 4. The van der Waals surface area contributed by atoms with Crippen LogP contribution < -0.4 is 5.32 Å². The molecule has 0 bridgehead atoms. The average Bonchev–Trinajstić information content (AvgIpc) is 2.84. The van der Waals surface area contributed by atoms with Gasteiger partial charge in [0.2, 0.25) is 0 Å². The Morgan fingerprint density at radius 1 is 1.50 bits per heavy atom. The van der Waals surface area contributed by atoms with E-state index in [-0.39, 0.29) is 11.6 Å². The summed E-state index contributed by atoms with van der Waals surface area (Å²) in [6.07, 6.45) is 3.53. The molecule has 1 amide bonds. The molecular weight excluding hydrogens is 278 g/mol. The van der Waals surface area contributed by atoms with Crippen molar-refractivity contribution in [2.45, 2.75) is 6.54 Å². The summed E-state index contributed by atoms with van der Waals surface area (Å²) in [5.41, 5.74) is 0.232. The van der Waals surface area contributed by atoms with Gasteiger partial charge in [0.05, 0.1) is 11.6 Å². The third kappa shape index (κ3) is 2.91. The van der Waals surface area contributed by atoms with E-state index in [1.807, 2.05) is 17.8 Å². The maximum absolute atomic E-state index is 12.4. The lowest BCUT2D eigenvalue weighted by molar-refractivity contribution is 0.0775. The summed E-state index contributed by atoms with van der Waals surface area (Å²) in [6.45, 7) is 0.393. The zero-order valence-corrected chi connectivity index (χ0v) is 12.3. The summed E-state index contributed by atoms with van der Waals surface area (Å²) in [5.74, 6) is 1.15. The summed E-state index contributed by atoms with van der Waals surface area (Å²) < 4.78 is 1.86. The molecule has 6 nitrogen and oxygen atoms in total. The first-order chi connectivity index (χ1) is 9.52. The van der Waals surface area contributed by atoms with Crippen LogP contribution in [0.15, 0.2) is 24.5 Å². The molecule has 1 N–H and O–H groups in total. The van der Waals surface area contributed by atoms with Crippen molar-refractivity contribution >= 4 is 23.3 Å². The Labute approximate surface area is 122 Å². The highest BCUT2D eigenvalue weighted by Gasteiger charge is 2.18. The number of aromatic nitrogens is 3. The molecule has 0 radical (unpaired) electrons. The molecule has 0 saturated carbocycles. The van der Waals surface area contributed by atoms with Crippen LogP contribution in [0.2, 0.25) is 5.02 Å². The summed E-state index contributed by atoms with van der Waals surface area (Å²) in [7, 11) is 5.32. The highest BCUT2D eigenvalue weighted by molar-refractivity contribution is 6.33. The van der Waals surface area contributed by atoms with E-state index >= 15 is 0 Å². The predicted octanol–water partition coefficient (Wildman–Crippen LogP) is 1.78. The maximum Gasteiger partial charge on any atom is 0.274 e. The van der Waals surface area contributed by atoms with Crippen molar-refractivity contribution in [3.8, 4) is 0 Å². The monoisotopic (exact) mass is 293 g/mol. The second-order valence-corrected chi connectivity index (χ2v) is 4.80. The van der Waals surface area contributed by atoms with Gasteiger partial charge in [-0.15, -0.1) is 0 Å². The van der Waals surface area contributed by atoms with Gasteiger partial charge in [0, 0.05) is 33.5 Å². The van der Waals surface area contributed by atoms with E-state index in [2.05, 4.69) is 15.3 Å². The normalized spacial score (nSPS) is 10.4. The van der Waals surface area contributed by atoms with Gasteiger partial charge in [0.15, 0.2) is 0 Å². The number of imidazole rings is 1. The molecule has 106 valence electrons. The molecule has 20 heavy (non-hydrogen) atoms. The van der Waals surface area contributed by atoms with Crippen molar-refractivity contribution in [3.05, 3.63) is 41.1 Å². The fraction of sp³-hybridized carbons (Fsp3) is 0.308. The van der Waals surface area contributed by atoms with Crippen LogP contribution in [-0.2, 0) is 13.6 Å². The van der Waals surface area contributed by atoms with Crippen molar-refractivity contribution in [1.82, 2.24) is 19.4 Å². The first-order valence-corrected chi connectivity index (χ1v) is 6.46. The van der Waals surface area contributed by atoms with E-state index < -0.39 is 0 Å². The lowest BCUT2D eigenvalue weighted by Gasteiger charge is -2.17. The minimum atomic E-state index is -0.241. The van der Waals surface area contributed by atoms with Gasteiger partial charge in [0.1, 0.15) is 17.3 Å². The Morgan fingerprint density at radius 2 is 2.25 bits per heavy atom. The van der Waals surface area contributed by atoms with Gasteiger partial charge >= 0.3 is 0 Å². The molecule has 0 aromatic carbocycles. The fourth-order valence-electron chi connectivity index (χ4n) is 1.74. The second-order valence-electron chi connectivity index (χ2n) is 4.39. The lowest BCUT2D eigenvalue weighted by Crippen LogP contribution is -2.28. The van der Waals surface area contributed by atoms with Crippen molar-refractivity contribution < 1.29 is 4.79 Å². The van der Waals surface area contributed by atoms with E-state index in [0.717, 1.165) is 5.82 Å². The number of anilines is 1. The molecule has 0 aliphatic heterocycles. The van der Waals surface area contributed by atoms with Crippen LogP contribution in [0.25, 0.3) is 0 Å². The predicted molar refractivity (Wildman–Crippen MR) is 77.8 cm³/mol. The van der Waals surface area contributed by atoms with E-state index in [4.69, 9.17) is 11.6 Å². The molecule has 2 aromatic rings. The highest BCUT2D eigenvalue weighted by atomic mass is 35.5. The van der Waals surface area contributed by atoms with Crippen LogP contribution in [0.5, 0.6) is 0 Å². The minimum Gasteiger partial charge on any atom is -0.373 e. The lowest BCUT2D eigenvalue weighted by atomic mass is 10.3. The van der Waals surface area contributed by atoms with Crippen LogP contribution in [0, 0.1) is 0 Å². The van der Waals surface area contributed by atoms with E-state index in [9.17, 15) is 4.79 Å². The van der Waals surface area contributed by atoms with Gasteiger partial charge in [-0.3, -0.25) is 4.79 Å². The molecule has 0 spiro atoms. The van der Waals surface area contributed by atoms with Gasteiger partial charge < -0.3 is 14.8 Å². The number of carbonyl (C=O) groups is 1. The SMILES string of the molecule is CNc1ccc(Cl)c(C(=O)N(C)Cc2nccn2C)n1. The number of hydrogen-bond acceptors (Lipinski definition) is 4. The smallest absolute Gasteiger partial charge is 0.274 e. The Bertz CT molecular complexity index is 625. The Balaban J connectivity index is 2.20. The summed E-state index contributed by atoms with van der Waals surface area (Å²) in [4.78, 5) is 22.3. The first kappa shape index (κ1) is 14.3. The molecule has 0 atom stereocenters. The van der Waals surface area contributed by atoms with Gasteiger partial charge in [-0.2, -0.15) is 0 Å². The van der Waals surface area contributed by atoms with Gasteiger partial charge in [-0.05, 0) is 12.1 Å². The van der Waals surface area contributed by atoms with E-state index in [1.54, 1.807) is 32.4 Å². The number of hydrogen-bond donors (Lipinski definition) is 1. The topological polar surface area (TPSA) is 63.1 Å². The zero-order chi connectivity index (χ0) is 14.7. The van der Waals surface area contributed by atoms with Crippen LogP contribution in [0.3, 0.4) is 0 Å². The fourth-order valence-corrected chi connectivity index (χ4v) is 1.93. The van der Waals surface area contributed by atoms with Crippen LogP contribution >= 0.6 is 11.6 Å². The molecule has 2 rings (SSSR count). The van der Waals surface area contributed by atoms with Crippen LogP contribution in [0.1, 0.15) is 16.3 Å². The summed E-state index contributed by atoms with van der Waals surface area (Å²) >= 11 is 6.05. The van der Waals surface area contributed by atoms with Gasteiger partial charge in [-0.25, -0.2) is 9.97 Å². The number of halogens is 1. The second kappa shape index (κ2) is 5.92. The minimum absolute atomic E-state index is 0.232. The number of amides is 1. The molecule has 0 aliphatic rings. The summed E-state index contributed by atoms with van der Waals surface area (Å²) in [5, 5.41) is 3.22. The average molecular weight is 294 g/mol. The largest absolute Gasteiger partial charge is 0.373 e. The third-order valence-corrected chi connectivity index (χ3v) is 3.26. The Morgan fingerprint density at radius 3 is 2.85 bits per heavy atom. The third-order valence-electron chi connectivity index (χ3n) is 2.95. The Kier molecular flexibility index (Phi) is 4.24. The van der Waals surface area contributed by atoms with Gasteiger partial charge in [0.25, 0.3) is 5.91 Å². The number of pyridine rings is 1. The molecule has 0 fully saturated rings. The Hall–Kier alpha value is -2.08. The quantitative estimate of drug-likeness (QED) is 0.933. The number of rotatable bonds is 4. The molecule has 0 unspecified atom stereocenters. The summed E-state index contributed by atoms with van der Waals surface area (Å²) in [6, 6.07) is 3.38. The first-order valence-electron chi connectivity index (χ1n) is 6.09. The van der Waals surface area contributed by atoms with Crippen molar-refractivity contribution in [3.63, 3.8) is 0 Å². The zero-order valence-electron chi connectivity index (χ0n) is 11.6. The number of aryl methyl sites for hydroxylation is 1. The van der Waals surface area contributed by atoms with Gasteiger partial charge in [-0.1, -0.05) is 11.6 Å². The van der Waals surface area contributed by atoms with E-state index in [0.29, 0.717) is 17.4 Å². The van der Waals surface area contributed by atoms with E-state index in [1.165, 1.54) is 4.90 Å². The van der Waals surface area contributed by atoms with Crippen molar-refractivity contribution in [2.75, 3.05) is 19.4 Å². The van der Waals surface area contributed by atoms with Crippen molar-refractivity contribution in [2.24, 2.45) is 7.05 Å². The molecule has 0 aliphatic carbocycles. The molecule has 2 heterocycles.